The van der Waals surface area contributed by atoms with Gasteiger partial charge in [0, 0.05) is 17.3 Å². The number of nitrogens with zero attached hydrogens (tertiary/aromatic N) is 2. The van der Waals surface area contributed by atoms with E-state index < -0.39 is 0 Å². The summed E-state index contributed by atoms with van der Waals surface area (Å²) in [5, 5.41) is 6.25. The summed E-state index contributed by atoms with van der Waals surface area (Å²) in [7, 11) is 0. The monoisotopic (exact) mass is 309 g/mol. The zero-order valence-electron chi connectivity index (χ0n) is 13.0. The number of anilines is 2. The average molecular weight is 309 g/mol. The van der Waals surface area contributed by atoms with Gasteiger partial charge in [-0.15, -0.1) is 11.3 Å². The molecule has 4 heteroatoms. The maximum atomic E-state index is 4.59. The molecular formula is C18H19N3S. The maximum Gasteiger partial charge on any atom is 0.187 e. The molecule has 0 bridgehead atoms. The summed E-state index contributed by atoms with van der Waals surface area (Å²) in [6.07, 6.45) is 1.78. The van der Waals surface area contributed by atoms with Gasteiger partial charge in [0.2, 0.25) is 0 Å². The van der Waals surface area contributed by atoms with E-state index in [9.17, 15) is 0 Å². The fourth-order valence-electron chi connectivity index (χ4n) is 2.14. The van der Waals surface area contributed by atoms with E-state index in [1.807, 2.05) is 23.6 Å². The van der Waals surface area contributed by atoms with Crippen LogP contribution in [-0.4, -0.2) is 9.97 Å². The zero-order valence-corrected chi connectivity index (χ0v) is 13.8. The minimum atomic E-state index is 0.172. The molecule has 3 nitrogen and oxygen atoms in total. The van der Waals surface area contributed by atoms with Gasteiger partial charge in [-0.25, -0.2) is 4.98 Å². The molecule has 0 radical (unpaired) electrons. The molecule has 0 saturated carbocycles. The topological polar surface area (TPSA) is 37.8 Å². The first-order valence-corrected chi connectivity index (χ1v) is 8.15. The molecule has 2 aromatic heterocycles. The summed E-state index contributed by atoms with van der Waals surface area (Å²) in [5.74, 6) is 0. The van der Waals surface area contributed by atoms with Gasteiger partial charge in [-0.3, -0.25) is 4.98 Å². The van der Waals surface area contributed by atoms with Crippen LogP contribution < -0.4 is 5.32 Å². The van der Waals surface area contributed by atoms with Gasteiger partial charge in [-0.1, -0.05) is 39.0 Å². The van der Waals surface area contributed by atoms with Crippen molar-refractivity contribution in [2.45, 2.75) is 26.2 Å². The van der Waals surface area contributed by atoms with Crippen LogP contribution in [0.5, 0.6) is 0 Å². The third-order valence-electron chi connectivity index (χ3n) is 3.43. The number of thiazole rings is 1. The highest BCUT2D eigenvalue weighted by atomic mass is 32.1. The first-order chi connectivity index (χ1) is 10.5. The van der Waals surface area contributed by atoms with Crippen molar-refractivity contribution in [3.05, 3.63) is 59.6 Å². The lowest BCUT2D eigenvalue weighted by Crippen LogP contribution is -2.10. The van der Waals surface area contributed by atoms with Crippen molar-refractivity contribution in [1.29, 1.82) is 0 Å². The van der Waals surface area contributed by atoms with E-state index in [1.165, 1.54) is 5.56 Å². The first-order valence-electron chi connectivity index (χ1n) is 7.27. The molecular weight excluding hydrogens is 290 g/mol. The molecule has 1 N–H and O–H groups in total. The summed E-state index contributed by atoms with van der Waals surface area (Å²) in [4.78, 5) is 8.92. The summed E-state index contributed by atoms with van der Waals surface area (Å²) >= 11 is 1.59. The minimum absolute atomic E-state index is 0.172. The Morgan fingerprint density at radius 2 is 1.73 bits per heavy atom. The summed E-state index contributed by atoms with van der Waals surface area (Å²) < 4.78 is 0. The van der Waals surface area contributed by atoms with E-state index in [0.29, 0.717) is 0 Å². The van der Waals surface area contributed by atoms with Crippen molar-refractivity contribution in [2.75, 3.05) is 5.32 Å². The Hall–Kier alpha value is -2.20. The van der Waals surface area contributed by atoms with Crippen molar-refractivity contribution in [3.63, 3.8) is 0 Å². The van der Waals surface area contributed by atoms with Gasteiger partial charge >= 0.3 is 0 Å². The molecule has 0 atom stereocenters. The Bertz CT molecular complexity index is 740. The third-order valence-corrected chi connectivity index (χ3v) is 4.19. The Labute approximate surface area is 135 Å². The predicted molar refractivity (Wildman–Crippen MR) is 93.8 cm³/mol. The summed E-state index contributed by atoms with van der Waals surface area (Å²) in [6.45, 7) is 6.65. The Morgan fingerprint density at radius 1 is 0.955 bits per heavy atom. The molecule has 3 rings (SSSR count). The van der Waals surface area contributed by atoms with E-state index in [-0.39, 0.29) is 5.41 Å². The SMILES string of the molecule is CC(C)(C)c1ccc(Nc2nc(-c3ccccn3)cs2)cc1. The summed E-state index contributed by atoms with van der Waals surface area (Å²) in [5.41, 5.74) is 4.35. The first kappa shape index (κ1) is 14.7. The number of nitrogens with one attached hydrogen (secondary N) is 1. The zero-order chi connectivity index (χ0) is 15.6. The van der Waals surface area contributed by atoms with E-state index in [0.717, 1.165) is 22.2 Å². The Kier molecular flexibility index (Phi) is 3.94. The number of rotatable bonds is 3. The molecule has 0 unspecified atom stereocenters. The van der Waals surface area contributed by atoms with Gasteiger partial charge in [0.15, 0.2) is 5.13 Å². The third kappa shape index (κ3) is 3.34. The quantitative estimate of drug-likeness (QED) is 0.718. The van der Waals surface area contributed by atoms with Crippen molar-refractivity contribution < 1.29 is 0 Å². The van der Waals surface area contributed by atoms with E-state index in [2.05, 4.69) is 60.3 Å². The number of pyridine rings is 1. The predicted octanol–water partition coefficient (Wildman–Crippen LogP) is 5.25. The van der Waals surface area contributed by atoms with Crippen LogP contribution in [0.3, 0.4) is 0 Å². The standard InChI is InChI=1S/C18H19N3S/c1-18(2,3)13-7-9-14(10-8-13)20-17-21-16(12-22-17)15-6-4-5-11-19-15/h4-12H,1-3H3,(H,20,21). The van der Waals surface area contributed by atoms with Crippen LogP contribution in [0.1, 0.15) is 26.3 Å². The van der Waals surface area contributed by atoms with Crippen LogP contribution in [0, 0.1) is 0 Å². The van der Waals surface area contributed by atoms with Crippen LogP contribution in [-0.2, 0) is 5.41 Å². The number of hydrogen-bond acceptors (Lipinski definition) is 4. The molecule has 1 aromatic carbocycles. The van der Waals surface area contributed by atoms with Crippen LogP contribution >= 0.6 is 11.3 Å². The molecule has 0 spiro atoms. The Balaban J connectivity index is 1.76. The molecule has 112 valence electrons. The van der Waals surface area contributed by atoms with E-state index in [1.54, 1.807) is 17.5 Å². The lowest BCUT2D eigenvalue weighted by Gasteiger charge is -2.19. The van der Waals surface area contributed by atoms with Gasteiger partial charge in [-0.2, -0.15) is 0 Å². The number of hydrogen-bond donors (Lipinski definition) is 1. The second-order valence-corrected chi connectivity index (χ2v) is 7.06. The molecule has 0 fully saturated rings. The highest BCUT2D eigenvalue weighted by molar-refractivity contribution is 7.14. The lowest BCUT2D eigenvalue weighted by atomic mass is 9.87. The largest absolute Gasteiger partial charge is 0.332 e. The molecule has 3 aromatic rings. The Morgan fingerprint density at radius 3 is 2.36 bits per heavy atom. The van der Waals surface area contributed by atoms with Crippen LogP contribution in [0.15, 0.2) is 54.0 Å². The van der Waals surface area contributed by atoms with Crippen molar-refractivity contribution in [1.82, 2.24) is 9.97 Å². The molecule has 0 aliphatic heterocycles. The minimum Gasteiger partial charge on any atom is -0.332 e. The van der Waals surface area contributed by atoms with Crippen LogP contribution in [0.25, 0.3) is 11.4 Å². The maximum absolute atomic E-state index is 4.59. The fourth-order valence-corrected chi connectivity index (χ4v) is 2.86. The lowest BCUT2D eigenvalue weighted by molar-refractivity contribution is 0.590. The van der Waals surface area contributed by atoms with Gasteiger partial charge < -0.3 is 5.32 Å². The van der Waals surface area contributed by atoms with Gasteiger partial charge in [0.1, 0.15) is 5.69 Å². The summed E-state index contributed by atoms with van der Waals surface area (Å²) in [6, 6.07) is 14.4. The highest BCUT2D eigenvalue weighted by Crippen LogP contribution is 2.28. The number of aromatic nitrogens is 2. The molecule has 0 saturated heterocycles. The van der Waals surface area contributed by atoms with E-state index >= 15 is 0 Å². The smallest absolute Gasteiger partial charge is 0.187 e. The molecule has 2 heterocycles. The second kappa shape index (κ2) is 5.89. The van der Waals surface area contributed by atoms with Crippen molar-refractivity contribution in [3.8, 4) is 11.4 Å². The highest BCUT2D eigenvalue weighted by Gasteiger charge is 2.13. The van der Waals surface area contributed by atoms with Gasteiger partial charge in [-0.05, 0) is 35.2 Å². The van der Waals surface area contributed by atoms with E-state index in [4.69, 9.17) is 0 Å². The molecule has 0 aliphatic rings. The van der Waals surface area contributed by atoms with Crippen LogP contribution in [0.4, 0.5) is 10.8 Å². The van der Waals surface area contributed by atoms with Gasteiger partial charge in [0.05, 0.1) is 5.69 Å². The number of benzene rings is 1. The second-order valence-electron chi connectivity index (χ2n) is 6.21. The van der Waals surface area contributed by atoms with Crippen molar-refractivity contribution >= 4 is 22.2 Å². The van der Waals surface area contributed by atoms with Crippen LogP contribution in [0.2, 0.25) is 0 Å². The fraction of sp³-hybridized carbons (Fsp3) is 0.222. The molecule has 22 heavy (non-hydrogen) atoms. The van der Waals surface area contributed by atoms with Gasteiger partial charge in [0.25, 0.3) is 0 Å². The normalized spacial score (nSPS) is 11.4. The average Bonchev–Trinajstić information content (AvgIpc) is 2.96. The van der Waals surface area contributed by atoms with Crippen molar-refractivity contribution in [2.24, 2.45) is 0 Å². The molecule has 0 aliphatic carbocycles. The molecule has 0 amide bonds.